The van der Waals surface area contributed by atoms with Gasteiger partial charge in [-0.2, -0.15) is 0 Å². The van der Waals surface area contributed by atoms with Crippen LogP contribution in [0.3, 0.4) is 0 Å². The van der Waals surface area contributed by atoms with Crippen molar-refractivity contribution in [3.05, 3.63) is 59.4 Å². The molecule has 0 saturated carbocycles. The van der Waals surface area contributed by atoms with E-state index in [1.807, 2.05) is 23.7 Å². The molecule has 0 aliphatic rings. The topological polar surface area (TPSA) is 43.6 Å². The summed E-state index contributed by atoms with van der Waals surface area (Å²) < 4.78 is 2.03. The molecule has 5 heteroatoms. The number of nitrogens with zero attached hydrogens (tertiary/aromatic N) is 4. The second-order valence-electron chi connectivity index (χ2n) is 5.32. The maximum atomic E-state index is 4.31. The molecule has 2 aromatic heterocycles. The highest BCUT2D eigenvalue weighted by Gasteiger charge is 2.11. The third-order valence-electron chi connectivity index (χ3n) is 3.63. The summed E-state index contributed by atoms with van der Waals surface area (Å²) in [4.78, 5) is 4.04. The monoisotopic (exact) mass is 310 g/mol. The van der Waals surface area contributed by atoms with Crippen LogP contribution in [-0.4, -0.2) is 19.7 Å². The molecular weight excluding hydrogens is 292 g/mol. The van der Waals surface area contributed by atoms with Crippen molar-refractivity contribution in [3.8, 4) is 11.4 Å². The average Bonchev–Trinajstić information content (AvgIpc) is 2.90. The van der Waals surface area contributed by atoms with Crippen molar-refractivity contribution in [2.75, 3.05) is 0 Å². The van der Waals surface area contributed by atoms with Gasteiger partial charge in [-0.3, -0.25) is 4.98 Å². The Morgan fingerprint density at radius 3 is 2.59 bits per heavy atom. The molecule has 0 unspecified atom stereocenters. The Hall–Kier alpha value is -2.14. The van der Waals surface area contributed by atoms with Crippen molar-refractivity contribution >= 4 is 11.8 Å². The van der Waals surface area contributed by atoms with E-state index in [0.717, 1.165) is 22.3 Å². The molecule has 0 fully saturated rings. The van der Waals surface area contributed by atoms with Gasteiger partial charge in [-0.25, -0.2) is 0 Å². The number of benzene rings is 1. The van der Waals surface area contributed by atoms with Crippen molar-refractivity contribution in [1.29, 1.82) is 0 Å². The summed E-state index contributed by atoms with van der Waals surface area (Å²) in [5, 5.41) is 9.54. The number of aryl methyl sites for hydroxylation is 2. The molecule has 0 saturated heterocycles. The van der Waals surface area contributed by atoms with E-state index in [4.69, 9.17) is 0 Å². The smallest absolute Gasteiger partial charge is 0.191 e. The van der Waals surface area contributed by atoms with Gasteiger partial charge in [0, 0.05) is 30.8 Å². The van der Waals surface area contributed by atoms with E-state index < -0.39 is 0 Å². The highest BCUT2D eigenvalue weighted by Crippen LogP contribution is 2.26. The minimum Gasteiger partial charge on any atom is -0.305 e. The first kappa shape index (κ1) is 14.8. The lowest BCUT2D eigenvalue weighted by molar-refractivity contribution is 0.793. The van der Waals surface area contributed by atoms with Crippen LogP contribution in [0, 0.1) is 13.8 Å². The number of hydrogen-bond donors (Lipinski definition) is 0. The van der Waals surface area contributed by atoms with Gasteiger partial charge in [0.1, 0.15) is 0 Å². The van der Waals surface area contributed by atoms with E-state index >= 15 is 0 Å². The minimum absolute atomic E-state index is 0.867. The van der Waals surface area contributed by atoms with Crippen molar-refractivity contribution in [1.82, 2.24) is 19.7 Å². The SMILES string of the molecule is Cc1ccc(C)c(CSc2nnc(-c3ccncc3)n2C)c1. The van der Waals surface area contributed by atoms with Crippen LogP contribution in [0.1, 0.15) is 16.7 Å². The fraction of sp³-hybridized carbons (Fsp3) is 0.235. The van der Waals surface area contributed by atoms with Crippen LogP contribution in [-0.2, 0) is 12.8 Å². The fourth-order valence-electron chi connectivity index (χ4n) is 2.29. The Labute approximate surface area is 134 Å². The molecule has 2 heterocycles. The summed E-state index contributed by atoms with van der Waals surface area (Å²) >= 11 is 1.71. The van der Waals surface area contributed by atoms with E-state index in [1.54, 1.807) is 24.2 Å². The predicted molar refractivity (Wildman–Crippen MR) is 89.7 cm³/mol. The van der Waals surface area contributed by atoms with Gasteiger partial charge in [0.05, 0.1) is 0 Å². The fourth-order valence-corrected chi connectivity index (χ4v) is 3.27. The van der Waals surface area contributed by atoms with E-state index in [0.29, 0.717) is 0 Å². The Balaban J connectivity index is 1.80. The first-order valence-corrected chi connectivity index (χ1v) is 8.12. The van der Waals surface area contributed by atoms with E-state index in [-0.39, 0.29) is 0 Å². The lowest BCUT2D eigenvalue weighted by Crippen LogP contribution is -1.96. The second-order valence-corrected chi connectivity index (χ2v) is 6.26. The average molecular weight is 310 g/mol. The zero-order valence-electron chi connectivity index (χ0n) is 12.9. The maximum absolute atomic E-state index is 4.31. The lowest BCUT2D eigenvalue weighted by atomic mass is 10.1. The molecule has 112 valence electrons. The standard InChI is InChI=1S/C17H18N4S/c1-12-4-5-13(2)15(10-12)11-22-17-20-19-16(21(17)3)14-6-8-18-9-7-14/h4-10H,11H2,1-3H3. The van der Waals surface area contributed by atoms with Gasteiger partial charge in [-0.15, -0.1) is 10.2 Å². The van der Waals surface area contributed by atoms with Crippen LogP contribution in [0.25, 0.3) is 11.4 Å². The first-order chi connectivity index (χ1) is 10.6. The van der Waals surface area contributed by atoms with Crippen molar-refractivity contribution in [3.63, 3.8) is 0 Å². The zero-order chi connectivity index (χ0) is 15.5. The highest BCUT2D eigenvalue weighted by molar-refractivity contribution is 7.98. The third kappa shape index (κ3) is 3.04. The molecule has 22 heavy (non-hydrogen) atoms. The molecule has 3 rings (SSSR count). The maximum Gasteiger partial charge on any atom is 0.191 e. The second kappa shape index (κ2) is 6.32. The van der Waals surface area contributed by atoms with Crippen molar-refractivity contribution in [2.24, 2.45) is 7.05 Å². The molecule has 3 aromatic rings. The Morgan fingerprint density at radius 2 is 1.82 bits per heavy atom. The molecule has 0 amide bonds. The van der Waals surface area contributed by atoms with Gasteiger partial charge >= 0.3 is 0 Å². The number of pyridine rings is 1. The van der Waals surface area contributed by atoms with Crippen LogP contribution in [0.4, 0.5) is 0 Å². The molecule has 0 bridgehead atoms. The van der Waals surface area contributed by atoms with Crippen LogP contribution in [0.5, 0.6) is 0 Å². The molecule has 0 radical (unpaired) electrons. The van der Waals surface area contributed by atoms with Gasteiger partial charge in [-0.05, 0) is 37.1 Å². The Morgan fingerprint density at radius 1 is 1.05 bits per heavy atom. The molecule has 0 spiro atoms. The normalized spacial score (nSPS) is 10.9. The largest absolute Gasteiger partial charge is 0.305 e. The first-order valence-electron chi connectivity index (χ1n) is 7.14. The van der Waals surface area contributed by atoms with Gasteiger partial charge in [0.2, 0.25) is 0 Å². The Kier molecular flexibility index (Phi) is 4.24. The molecule has 1 aromatic carbocycles. The molecule has 0 aliphatic carbocycles. The Bertz CT molecular complexity index is 781. The van der Waals surface area contributed by atoms with E-state index in [9.17, 15) is 0 Å². The quantitative estimate of drug-likeness (QED) is 0.688. The number of rotatable bonds is 4. The summed E-state index contributed by atoms with van der Waals surface area (Å²) in [6, 6.07) is 10.5. The molecule has 0 atom stereocenters. The van der Waals surface area contributed by atoms with E-state index in [2.05, 4.69) is 47.2 Å². The summed E-state index contributed by atoms with van der Waals surface area (Å²) in [5.74, 6) is 1.77. The minimum atomic E-state index is 0.867. The third-order valence-corrected chi connectivity index (χ3v) is 4.70. The van der Waals surface area contributed by atoms with E-state index in [1.165, 1.54) is 16.7 Å². The van der Waals surface area contributed by atoms with Crippen LogP contribution in [0.2, 0.25) is 0 Å². The summed E-state index contributed by atoms with van der Waals surface area (Å²) in [7, 11) is 2.00. The van der Waals surface area contributed by atoms with Crippen LogP contribution in [0.15, 0.2) is 47.9 Å². The van der Waals surface area contributed by atoms with Gasteiger partial charge < -0.3 is 4.57 Å². The molecule has 0 aliphatic heterocycles. The van der Waals surface area contributed by atoms with Crippen LogP contribution < -0.4 is 0 Å². The zero-order valence-corrected chi connectivity index (χ0v) is 13.8. The molecule has 4 nitrogen and oxygen atoms in total. The predicted octanol–water partition coefficient (Wildman–Crippen LogP) is 3.79. The number of hydrogen-bond acceptors (Lipinski definition) is 4. The van der Waals surface area contributed by atoms with Crippen molar-refractivity contribution in [2.45, 2.75) is 24.8 Å². The lowest BCUT2D eigenvalue weighted by Gasteiger charge is -2.07. The summed E-state index contributed by atoms with van der Waals surface area (Å²) in [5.41, 5.74) is 4.98. The number of thioether (sulfide) groups is 1. The van der Waals surface area contributed by atoms with Gasteiger partial charge in [0.25, 0.3) is 0 Å². The van der Waals surface area contributed by atoms with Crippen LogP contribution >= 0.6 is 11.8 Å². The summed E-state index contributed by atoms with van der Waals surface area (Å²) in [6.45, 7) is 4.27. The number of aromatic nitrogens is 4. The highest BCUT2D eigenvalue weighted by atomic mass is 32.2. The molecule has 0 N–H and O–H groups in total. The molecular formula is C17H18N4S. The van der Waals surface area contributed by atoms with Crippen molar-refractivity contribution < 1.29 is 0 Å². The van der Waals surface area contributed by atoms with Gasteiger partial charge in [0.15, 0.2) is 11.0 Å². The summed E-state index contributed by atoms with van der Waals surface area (Å²) in [6.07, 6.45) is 3.54. The van der Waals surface area contributed by atoms with Gasteiger partial charge in [-0.1, -0.05) is 35.5 Å².